The summed E-state index contributed by atoms with van der Waals surface area (Å²) in [6.45, 7) is 0. The van der Waals surface area contributed by atoms with Crippen LogP contribution in [-0.4, -0.2) is 18.3 Å². The summed E-state index contributed by atoms with van der Waals surface area (Å²) in [5.41, 5.74) is 0.463. The summed E-state index contributed by atoms with van der Waals surface area (Å²) >= 11 is 0. The molecule has 0 radical (unpaired) electrons. The van der Waals surface area contributed by atoms with Gasteiger partial charge in [-0.05, 0) is 24.3 Å². The Bertz CT molecular complexity index is 689. The van der Waals surface area contributed by atoms with Gasteiger partial charge in [-0.15, -0.1) is 0 Å². The highest BCUT2D eigenvalue weighted by Crippen LogP contribution is 2.28. The molecule has 0 unspecified atom stereocenters. The summed E-state index contributed by atoms with van der Waals surface area (Å²) in [5.74, 6) is 0.739. The highest BCUT2D eigenvalue weighted by molar-refractivity contribution is 5.76. The van der Waals surface area contributed by atoms with Crippen molar-refractivity contribution in [1.82, 2.24) is 0 Å². The van der Waals surface area contributed by atoms with Gasteiger partial charge in [0.25, 0.3) is 0 Å². The van der Waals surface area contributed by atoms with Crippen LogP contribution in [0.3, 0.4) is 0 Å². The zero-order valence-corrected chi connectivity index (χ0v) is 11.0. The number of carbonyl (C=O) groups is 1. The third-order valence-corrected chi connectivity index (χ3v) is 2.54. The van der Waals surface area contributed by atoms with Crippen molar-refractivity contribution in [3.05, 3.63) is 58.0 Å². The van der Waals surface area contributed by atoms with Crippen LogP contribution >= 0.6 is 0 Å². The molecule has 0 saturated heterocycles. The molecule has 2 rings (SSSR count). The van der Waals surface area contributed by atoms with E-state index in [4.69, 9.17) is 13.9 Å². The average Bonchev–Trinajstić information content (AvgIpc) is 2.96. The van der Waals surface area contributed by atoms with Crippen molar-refractivity contribution >= 4 is 18.2 Å². The fourth-order valence-electron chi connectivity index (χ4n) is 1.56. The first-order valence-electron chi connectivity index (χ1n) is 5.84. The van der Waals surface area contributed by atoms with E-state index in [2.05, 4.69) is 0 Å². The molecule has 0 spiro atoms. The molecule has 0 bridgehead atoms. The maximum atomic E-state index is 10.7. The van der Waals surface area contributed by atoms with Crippen LogP contribution in [-0.2, 0) is 0 Å². The Balaban J connectivity index is 2.09. The van der Waals surface area contributed by atoms with Gasteiger partial charge in [0.05, 0.1) is 19.4 Å². The molecular formula is C14H11NO6. The van der Waals surface area contributed by atoms with E-state index >= 15 is 0 Å². The molecule has 2 aromatic rings. The van der Waals surface area contributed by atoms with Gasteiger partial charge in [-0.25, -0.2) is 0 Å². The van der Waals surface area contributed by atoms with Crippen LogP contribution in [0.15, 0.2) is 41.0 Å². The van der Waals surface area contributed by atoms with Crippen LogP contribution in [0.25, 0.3) is 6.08 Å². The normalized spacial score (nSPS) is 10.5. The number of nitrogens with zero attached hydrogens (tertiary/aromatic N) is 1. The van der Waals surface area contributed by atoms with Crippen LogP contribution in [0.5, 0.6) is 11.5 Å². The molecule has 1 aromatic carbocycles. The van der Waals surface area contributed by atoms with Gasteiger partial charge >= 0.3 is 5.88 Å². The first kappa shape index (κ1) is 14.3. The fourth-order valence-corrected chi connectivity index (χ4v) is 1.56. The SMILES string of the molecule is COc1cc(C=O)ccc1OC=Cc1ccc([N+](=O)[O-])o1. The third-order valence-electron chi connectivity index (χ3n) is 2.54. The molecule has 0 aliphatic rings. The number of benzene rings is 1. The molecule has 1 heterocycles. The van der Waals surface area contributed by atoms with Crippen molar-refractivity contribution in [3.8, 4) is 11.5 Å². The number of hydrogen-bond acceptors (Lipinski definition) is 6. The summed E-state index contributed by atoms with van der Waals surface area (Å²) < 4.78 is 15.4. The largest absolute Gasteiger partial charge is 0.493 e. The number of furan rings is 1. The zero-order valence-electron chi connectivity index (χ0n) is 11.0. The summed E-state index contributed by atoms with van der Waals surface area (Å²) in [6.07, 6.45) is 3.44. The van der Waals surface area contributed by atoms with E-state index in [1.54, 1.807) is 12.1 Å². The summed E-state index contributed by atoms with van der Waals surface area (Å²) in [6, 6.07) is 7.39. The Hall–Kier alpha value is -3.09. The van der Waals surface area contributed by atoms with Gasteiger partial charge in [0, 0.05) is 11.6 Å². The maximum Gasteiger partial charge on any atom is 0.433 e. The summed E-state index contributed by atoms with van der Waals surface area (Å²) in [7, 11) is 1.45. The van der Waals surface area contributed by atoms with E-state index < -0.39 is 4.92 Å². The lowest BCUT2D eigenvalue weighted by atomic mass is 10.2. The molecule has 0 amide bonds. The second-order valence-electron chi connectivity index (χ2n) is 3.88. The minimum atomic E-state index is -0.626. The van der Waals surface area contributed by atoms with E-state index in [0.717, 1.165) is 0 Å². The first-order valence-corrected chi connectivity index (χ1v) is 5.84. The minimum absolute atomic E-state index is 0.283. The lowest BCUT2D eigenvalue weighted by Crippen LogP contribution is -1.91. The lowest BCUT2D eigenvalue weighted by molar-refractivity contribution is -0.402. The molecule has 0 fully saturated rings. The second-order valence-corrected chi connectivity index (χ2v) is 3.88. The Labute approximate surface area is 119 Å². The topological polar surface area (TPSA) is 91.8 Å². The van der Waals surface area contributed by atoms with Gasteiger partial charge in [0.2, 0.25) is 0 Å². The number of methoxy groups -OCH3 is 1. The zero-order chi connectivity index (χ0) is 15.2. The van der Waals surface area contributed by atoms with Gasteiger partial charge in [-0.1, -0.05) is 0 Å². The molecule has 1 aromatic heterocycles. The van der Waals surface area contributed by atoms with Crippen molar-refractivity contribution in [2.24, 2.45) is 0 Å². The van der Waals surface area contributed by atoms with Gasteiger partial charge in [-0.2, -0.15) is 0 Å². The van der Waals surface area contributed by atoms with E-state index in [-0.39, 0.29) is 11.6 Å². The van der Waals surface area contributed by atoms with Crippen LogP contribution in [0.2, 0.25) is 0 Å². The van der Waals surface area contributed by atoms with Crippen molar-refractivity contribution < 1.29 is 23.6 Å². The molecular weight excluding hydrogens is 278 g/mol. The Morgan fingerprint density at radius 2 is 2.05 bits per heavy atom. The first-order chi connectivity index (χ1) is 10.1. The number of rotatable bonds is 6. The van der Waals surface area contributed by atoms with Gasteiger partial charge in [0.1, 0.15) is 17.0 Å². The second kappa shape index (κ2) is 6.38. The van der Waals surface area contributed by atoms with E-state index in [9.17, 15) is 14.9 Å². The minimum Gasteiger partial charge on any atom is -0.493 e. The predicted octanol–water partition coefficient (Wildman–Crippen LogP) is 3.06. The quantitative estimate of drug-likeness (QED) is 0.351. The van der Waals surface area contributed by atoms with Gasteiger partial charge in [0.15, 0.2) is 11.5 Å². The van der Waals surface area contributed by atoms with Crippen molar-refractivity contribution in [3.63, 3.8) is 0 Å². The molecule has 0 aliphatic carbocycles. The Morgan fingerprint density at radius 3 is 2.67 bits per heavy atom. The van der Waals surface area contributed by atoms with E-state index in [1.165, 1.54) is 37.6 Å². The highest BCUT2D eigenvalue weighted by atomic mass is 16.6. The number of ether oxygens (including phenoxy) is 2. The van der Waals surface area contributed by atoms with Crippen LogP contribution in [0, 0.1) is 10.1 Å². The predicted molar refractivity (Wildman–Crippen MR) is 73.4 cm³/mol. The van der Waals surface area contributed by atoms with Gasteiger partial charge < -0.3 is 13.9 Å². The molecule has 7 nitrogen and oxygen atoms in total. The molecule has 0 aliphatic heterocycles. The smallest absolute Gasteiger partial charge is 0.433 e. The van der Waals surface area contributed by atoms with Crippen LogP contribution < -0.4 is 9.47 Å². The highest BCUT2D eigenvalue weighted by Gasteiger charge is 2.10. The Kier molecular flexibility index (Phi) is 4.35. The monoisotopic (exact) mass is 289 g/mol. The van der Waals surface area contributed by atoms with Crippen molar-refractivity contribution in [2.45, 2.75) is 0 Å². The summed E-state index contributed by atoms with van der Waals surface area (Å²) in [4.78, 5) is 20.5. The molecule has 7 heteroatoms. The molecule has 108 valence electrons. The summed E-state index contributed by atoms with van der Waals surface area (Å²) in [5, 5.41) is 10.5. The third kappa shape index (κ3) is 3.47. The van der Waals surface area contributed by atoms with E-state index in [0.29, 0.717) is 23.3 Å². The number of hydrogen-bond donors (Lipinski definition) is 0. The maximum absolute atomic E-state index is 10.7. The van der Waals surface area contributed by atoms with Crippen LogP contribution in [0.4, 0.5) is 5.88 Å². The fraction of sp³-hybridized carbons (Fsp3) is 0.0714. The standard InChI is InChI=1S/C14H11NO6/c1-19-13-8-10(9-16)2-4-12(13)20-7-6-11-3-5-14(21-11)15(17)18/h2-9H,1H3. The molecule has 0 atom stereocenters. The number of carbonyl (C=O) groups excluding carboxylic acids is 1. The van der Waals surface area contributed by atoms with E-state index in [1.807, 2.05) is 0 Å². The van der Waals surface area contributed by atoms with Crippen LogP contribution in [0.1, 0.15) is 16.1 Å². The molecule has 0 saturated carbocycles. The molecule has 21 heavy (non-hydrogen) atoms. The molecule has 0 N–H and O–H groups in total. The number of nitro groups is 1. The van der Waals surface area contributed by atoms with Crippen molar-refractivity contribution in [2.75, 3.05) is 7.11 Å². The number of aldehydes is 1. The van der Waals surface area contributed by atoms with Crippen molar-refractivity contribution in [1.29, 1.82) is 0 Å². The van der Waals surface area contributed by atoms with Gasteiger partial charge in [-0.3, -0.25) is 14.9 Å². The lowest BCUT2D eigenvalue weighted by Gasteiger charge is -2.07. The average molecular weight is 289 g/mol. The Morgan fingerprint density at radius 1 is 1.24 bits per heavy atom.